The molecule has 1 saturated heterocycles. The molecular formula is C10H23N5. The molecule has 1 aliphatic heterocycles. The van der Waals surface area contributed by atoms with Crippen molar-refractivity contribution in [2.24, 2.45) is 10.8 Å². The summed E-state index contributed by atoms with van der Waals surface area (Å²) in [6.07, 6.45) is 3.57. The number of aliphatic imine (C=N–C) groups is 1. The fraction of sp³-hybridized carbons (Fsp3) is 0.900. The molecular weight excluding hydrogens is 190 g/mol. The first-order chi connectivity index (χ1) is 7.30. The molecule has 1 rings (SSSR count). The van der Waals surface area contributed by atoms with Crippen LogP contribution in [-0.4, -0.2) is 43.6 Å². The summed E-state index contributed by atoms with van der Waals surface area (Å²) in [6.45, 7) is 5.79. The van der Waals surface area contributed by atoms with Crippen LogP contribution in [-0.2, 0) is 0 Å². The second kappa shape index (κ2) is 6.63. The standard InChI is InChI=1S/C10H23N5/c1-3-6-15-7-4-9(5-8-15)13-10(12-2)14-11/h9H,3-8,11H2,1-2H3,(H2,12,13,14). The van der Waals surface area contributed by atoms with Crippen molar-refractivity contribution < 1.29 is 0 Å². The van der Waals surface area contributed by atoms with Crippen LogP contribution in [0, 0.1) is 0 Å². The van der Waals surface area contributed by atoms with Gasteiger partial charge >= 0.3 is 0 Å². The number of hydrogen-bond donors (Lipinski definition) is 3. The van der Waals surface area contributed by atoms with Gasteiger partial charge in [0.25, 0.3) is 0 Å². The zero-order chi connectivity index (χ0) is 11.1. The third kappa shape index (κ3) is 4.05. The van der Waals surface area contributed by atoms with E-state index in [9.17, 15) is 0 Å². The molecule has 0 atom stereocenters. The van der Waals surface area contributed by atoms with Crippen molar-refractivity contribution in [2.75, 3.05) is 26.7 Å². The van der Waals surface area contributed by atoms with Crippen molar-refractivity contribution in [3.05, 3.63) is 0 Å². The van der Waals surface area contributed by atoms with Crippen molar-refractivity contribution >= 4 is 5.96 Å². The Morgan fingerprint density at radius 1 is 1.47 bits per heavy atom. The third-order valence-corrected chi connectivity index (χ3v) is 2.83. The topological polar surface area (TPSA) is 65.7 Å². The minimum atomic E-state index is 0.507. The summed E-state index contributed by atoms with van der Waals surface area (Å²) in [7, 11) is 1.73. The number of nitrogens with zero attached hydrogens (tertiary/aromatic N) is 2. The fourth-order valence-corrected chi connectivity index (χ4v) is 1.98. The van der Waals surface area contributed by atoms with Crippen LogP contribution in [0.5, 0.6) is 0 Å². The minimum absolute atomic E-state index is 0.507. The number of guanidine groups is 1. The highest BCUT2D eigenvalue weighted by Gasteiger charge is 2.18. The zero-order valence-electron chi connectivity index (χ0n) is 9.79. The number of rotatable bonds is 3. The molecule has 0 aromatic rings. The molecule has 0 radical (unpaired) electrons. The maximum Gasteiger partial charge on any atom is 0.205 e. The Kier molecular flexibility index (Phi) is 5.42. The van der Waals surface area contributed by atoms with Crippen molar-refractivity contribution in [3.8, 4) is 0 Å². The number of hydrogen-bond acceptors (Lipinski definition) is 3. The lowest BCUT2D eigenvalue weighted by Crippen LogP contribution is -2.50. The quantitative estimate of drug-likeness (QED) is 0.265. The number of nitrogens with one attached hydrogen (secondary N) is 2. The van der Waals surface area contributed by atoms with Gasteiger partial charge in [-0.1, -0.05) is 6.92 Å². The highest BCUT2D eigenvalue weighted by molar-refractivity contribution is 5.79. The first-order valence-electron chi connectivity index (χ1n) is 5.72. The summed E-state index contributed by atoms with van der Waals surface area (Å²) in [5.74, 6) is 6.01. The molecule has 0 spiro atoms. The van der Waals surface area contributed by atoms with Gasteiger partial charge in [-0.05, 0) is 25.8 Å². The van der Waals surface area contributed by atoms with E-state index in [1.165, 1.54) is 38.9 Å². The lowest BCUT2D eigenvalue weighted by Gasteiger charge is -2.32. The SMILES string of the molecule is CCCN1CCC(NC(=NC)NN)CC1. The summed E-state index contributed by atoms with van der Waals surface area (Å²) in [4.78, 5) is 6.52. The van der Waals surface area contributed by atoms with Gasteiger partial charge in [-0.15, -0.1) is 0 Å². The maximum absolute atomic E-state index is 5.32. The van der Waals surface area contributed by atoms with Crippen LogP contribution in [0.4, 0.5) is 0 Å². The molecule has 1 heterocycles. The summed E-state index contributed by atoms with van der Waals surface area (Å²) in [5, 5.41) is 3.31. The van der Waals surface area contributed by atoms with Crippen molar-refractivity contribution in [1.29, 1.82) is 0 Å². The molecule has 0 saturated carbocycles. The molecule has 5 nitrogen and oxygen atoms in total. The van der Waals surface area contributed by atoms with E-state index in [-0.39, 0.29) is 0 Å². The van der Waals surface area contributed by atoms with Crippen molar-refractivity contribution in [2.45, 2.75) is 32.2 Å². The van der Waals surface area contributed by atoms with Gasteiger partial charge in [0.05, 0.1) is 0 Å². The second-order valence-corrected chi connectivity index (χ2v) is 3.98. The maximum atomic E-state index is 5.32. The van der Waals surface area contributed by atoms with E-state index < -0.39 is 0 Å². The van der Waals surface area contributed by atoms with Crippen molar-refractivity contribution in [3.63, 3.8) is 0 Å². The van der Waals surface area contributed by atoms with Gasteiger partial charge in [-0.3, -0.25) is 10.4 Å². The molecule has 88 valence electrons. The molecule has 1 aliphatic rings. The van der Waals surface area contributed by atoms with E-state index >= 15 is 0 Å². The van der Waals surface area contributed by atoms with E-state index in [1.54, 1.807) is 7.05 Å². The predicted octanol–water partition coefficient (Wildman–Crippen LogP) is -0.100. The summed E-state index contributed by atoms with van der Waals surface area (Å²) >= 11 is 0. The lowest BCUT2D eigenvalue weighted by molar-refractivity contribution is 0.206. The molecule has 5 heteroatoms. The van der Waals surface area contributed by atoms with Crippen LogP contribution in [0.25, 0.3) is 0 Å². The number of nitrogens with two attached hydrogens (primary N) is 1. The zero-order valence-corrected chi connectivity index (χ0v) is 9.79. The summed E-state index contributed by atoms with van der Waals surface area (Å²) in [5.41, 5.74) is 2.56. The molecule has 0 aliphatic carbocycles. The lowest BCUT2D eigenvalue weighted by atomic mass is 10.1. The first-order valence-corrected chi connectivity index (χ1v) is 5.72. The second-order valence-electron chi connectivity index (χ2n) is 3.98. The predicted molar refractivity (Wildman–Crippen MR) is 63.6 cm³/mol. The fourth-order valence-electron chi connectivity index (χ4n) is 1.98. The van der Waals surface area contributed by atoms with Crippen LogP contribution in [0.3, 0.4) is 0 Å². The van der Waals surface area contributed by atoms with Gasteiger partial charge in [0.15, 0.2) is 0 Å². The van der Waals surface area contributed by atoms with Gasteiger partial charge < -0.3 is 10.2 Å². The Labute approximate surface area is 92.1 Å². The normalized spacial score (nSPS) is 20.3. The van der Waals surface area contributed by atoms with Crippen molar-refractivity contribution in [1.82, 2.24) is 15.6 Å². The van der Waals surface area contributed by atoms with Gasteiger partial charge in [0.1, 0.15) is 0 Å². The third-order valence-electron chi connectivity index (χ3n) is 2.83. The smallest absolute Gasteiger partial charge is 0.205 e. The molecule has 0 bridgehead atoms. The Balaban J connectivity index is 2.25. The highest BCUT2D eigenvalue weighted by atomic mass is 15.3. The molecule has 0 aromatic carbocycles. The van der Waals surface area contributed by atoms with Crippen LogP contribution in [0.1, 0.15) is 26.2 Å². The summed E-state index contributed by atoms with van der Waals surface area (Å²) in [6, 6.07) is 0.507. The van der Waals surface area contributed by atoms with Crippen LogP contribution >= 0.6 is 0 Å². The van der Waals surface area contributed by atoms with E-state index in [1.807, 2.05) is 0 Å². The Bertz CT molecular complexity index is 196. The Hall–Kier alpha value is -0.810. The average Bonchev–Trinajstić information content (AvgIpc) is 2.28. The first kappa shape index (κ1) is 12.3. The van der Waals surface area contributed by atoms with Gasteiger partial charge in [0.2, 0.25) is 5.96 Å². The average molecular weight is 213 g/mol. The molecule has 15 heavy (non-hydrogen) atoms. The van der Waals surface area contributed by atoms with Crippen LogP contribution < -0.4 is 16.6 Å². The largest absolute Gasteiger partial charge is 0.353 e. The molecule has 0 unspecified atom stereocenters. The number of piperidine rings is 1. The van der Waals surface area contributed by atoms with Crippen LogP contribution in [0.15, 0.2) is 4.99 Å². The summed E-state index contributed by atoms with van der Waals surface area (Å²) < 4.78 is 0. The van der Waals surface area contributed by atoms with Gasteiger partial charge in [0, 0.05) is 26.2 Å². The molecule has 4 N–H and O–H groups in total. The molecule has 0 amide bonds. The molecule has 0 aromatic heterocycles. The van der Waals surface area contributed by atoms with E-state index in [2.05, 4.69) is 27.6 Å². The number of hydrazine groups is 1. The monoisotopic (exact) mass is 213 g/mol. The number of likely N-dealkylation sites (tertiary alicyclic amines) is 1. The van der Waals surface area contributed by atoms with Gasteiger partial charge in [-0.2, -0.15) is 0 Å². The van der Waals surface area contributed by atoms with Gasteiger partial charge in [-0.25, -0.2) is 5.84 Å². The highest BCUT2D eigenvalue weighted by Crippen LogP contribution is 2.10. The minimum Gasteiger partial charge on any atom is -0.353 e. The van der Waals surface area contributed by atoms with E-state index in [0.29, 0.717) is 12.0 Å². The van der Waals surface area contributed by atoms with Crippen LogP contribution in [0.2, 0.25) is 0 Å². The van der Waals surface area contributed by atoms with E-state index in [4.69, 9.17) is 5.84 Å². The van der Waals surface area contributed by atoms with E-state index in [0.717, 1.165) is 0 Å². The Morgan fingerprint density at radius 2 is 2.13 bits per heavy atom. The molecule has 1 fully saturated rings. The Morgan fingerprint density at radius 3 is 2.60 bits per heavy atom.